The van der Waals surface area contributed by atoms with E-state index in [9.17, 15) is 0 Å². The standard InChI is InChI=1S/C19H20N2O4/c1-4-11-24-16-10-7-14(12-17(16)23-3)18-20-19(25-21-18)13-5-8-15(22-2)9-6-13/h5-10,12H,4,11H2,1-3H3. The molecule has 3 rings (SSSR count). The fourth-order valence-electron chi connectivity index (χ4n) is 2.33. The summed E-state index contributed by atoms with van der Waals surface area (Å²) in [5.41, 5.74) is 1.62. The number of ether oxygens (including phenoxy) is 3. The van der Waals surface area contributed by atoms with E-state index in [0.29, 0.717) is 29.8 Å². The Morgan fingerprint density at radius 3 is 2.36 bits per heavy atom. The van der Waals surface area contributed by atoms with Crippen molar-refractivity contribution in [3.63, 3.8) is 0 Å². The average molecular weight is 340 g/mol. The van der Waals surface area contributed by atoms with Crippen molar-refractivity contribution in [3.8, 4) is 40.1 Å². The Morgan fingerprint density at radius 2 is 1.68 bits per heavy atom. The number of rotatable bonds is 7. The molecule has 0 bridgehead atoms. The fourth-order valence-corrected chi connectivity index (χ4v) is 2.33. The number of nitrogens with zero attached hydrogens (tertiary/aromatic N) is 2. The monoisotopic (exact) mass is 340 g/mol. The summed E-state index contributed by atoms with van der Waals surface area (Å²) < 4.78 is 21.6. The topological polar surface area (TPSA) is 66.6 Å². The van der Waals surface area contributed by atoms with Gasteiger partial charge in [-0.3, -0.25) is 0 Å². The lowest BCUT2D eigenvalue weighted by Crippen LogP contribution is -1.98. The van der Waals surface area contributed by atoms with E-state index >= 15 is 0 Å². The van der Waals surface area contributed by atoms with Crippen molar-refractivity contribution in [2.24, 2.45) is 0 Å². The predicted octanol–water partition coefficient (Wildman–Crippen LogP) is 4.21. The van der Waals surface area contributed by atoms with E-state index in [-0.39, 0.29) is 0 Å². The van der Waals surface area contributed by atoms with Crippen LogP contribution in [0.4, 0.5) is 0 Å². The third kappa shape index (κ3) is 3.74. The van der Waals surface area contributed by atoms with Gasteiger partial charge in [0.15, 0.2) is 11.5 Å². The van der Waals surface area contributed by atoms with Crippen molar-refractivity contribution < 1.29 is 18.7 Å². The number of methoxy groups -OCH3 is 2. The molecule has 2 aromatic carbocycles. The number of benzene rings is 2. The third-order valence-electron chi connectivity index (χ3n) is 3.65. The molecule has 0 spiro atoms. The molecule has 0 radical (unpaired) electrons. The van der Waals surface area contributed by atoms with Crippen LogP contribution in [0, 0.1) is 0 Å². The number of hydrogen-bond acceptors (Lipinski definition) is 6. The van der Waals surface area contributed by atoms with Gasteiger partial charge in [-0.25, -0.2) is 0 Å². The number of aromatic nitrogens is 2. The summed E-state index contributed by atoms with van der Waals surface area (Å²) in [6, 6.07) is 13.0. The summed E-state index contributed by atoms with van der Waals surface area (Å²) in [4.78, 5) is 4.46. The Labute approximate surface area is 146 Å². The SMILES string of the molecule is CCCOc1ccc(-c2noc(-c3ccc(OC)cc3)n2)cc1OC. The zero-order chi connectivity index (χ0) is 17.6. The molecule has 1 heterocycles. The van der Waals surface area contributed by atoms with Gasteiger partial charge in [0, 0.05) is 11.1 Å². The third-order valence-corrected chi connectivity index (χ3v) is 3.65. The zero-order valence-corrected chi connectivity index (χ0v) is 14.5. The summed E-state index contributed by atoms with van der Waals surface area (Å²) in [7, 11) is 3.23. The van der Waals surface area contributed by atoms with Crippen LogP contribution in [0.3, 0.4) is 0 Å². The van der Waals surface area contributed by atoms with E-state index in [1.165, 1.54) is 0 Å². The van der Waals surface area contributed by atoms with Crippen LogP contribution in [0.2, 0.25) is 0 Å². The molecule has 3 aromatic rings. The predicted molar refractivity (Wildman–Crippen MR) is 94.1 cm³/mol. The fraction of sp³-hybridized carbons (Fsp3) is 0.263. The summed E-state index contributed by atoms with van der Waals surface area (Å²) in [5, 5.41) is 4.06. The molecule has 0 atom stereocenters. The molecule has 6 heteroatoms. The van der Waals surface area contributed by atoms with E-state index in [2.05, 4.69) is 17.1 Å². The van der Waals surface area contributed by atoms with Crippen molar-refractivity contribution in [1.29, 1.82) is 0 Å². The van der Waals surface area contributed by atoms with Crippen LogP contribution in [0.5, 0.6) is 17.2 Å². The molecule has 0 aliphatic rings. The Balaban J connectivity index is 1.86. The highest BCUT2D eigenvalue weighted by molar-refractivity contribution is 5.63. The highest BCUT2D eigenvalue weighted by atomic mass is 16.5. The van der Waals surface area contributed by atoms with Crippen LogP contribution in [0.1, 0.15) is 13.3 Å². The lowest BCUT2D eigenvalue weighted by atomic mass is 10.2. The van der Waals surface area contributed by atoms with Gasteiger partial charge in [0.05, 0.1) is 20.8 Å². The average Bonchev–Trinajstić information content (AvgIpc) is 3.16. The van der Waals surface area contributed by atoms with E-state index in [0.717, 1.165) is 23.3 Å². The Bertz CT molecular complexity index is 828. The van der Waals surface area contributed by atoms with Crippen LogP contribution in [0.15, 0.2) is 47.0 Å². The molecule has 0 aliphatic heterocycles. The van der Waals surface area contributed by atoms with Gasteiger partial charge >= 0.3 is 0 Å². The van der Waals surface area contributed by atoms with Gasteiger partial charge in [-0.2, -0.15) is 4.98 Å². The second-order valence-electron chi connectivity index (χ2n) is 5.37. The van der Waals surface area contributed by atoms with Gasteiger partial charge in [0.25, 0.3) is 5.89 Å². The second kappa shape index (κ2) is 7.70. The molecule has 0 fully saturated rings. The molecule has 0 saturated carbocycles. The van der Waals surface area contributed by atoms with E-state index in [4.69, 9.17) is 18.7 Å². The maximum Gasteiger partial charge on any atom is 0.258 e. The minimum absolute atomic E-state index is 0.447. The van der Waals surface area contributed by atoms with Crippen molar-refractivity contribution in [2.75, 3.05) is 20.8 Å². The largest absolute Gasteiger partial charge is 0.497 e. The van der Waals surface area contributed by atoms with Crippen LogP contribution in [-0.4, -0.2) is 31.0 Å². The van der Waals surface area contributed by atoms with Gasteiger partial charge in [0.2, 0.25) is 5.82 Å². The van der Waals surface area contributed by atoms with Crippen LogP contribution >= 0.6 is 0 Å². The van der Waals surface area contributed by atoms with Crippen LogP contribution in [0.25, 0.3) is 22.8 Å². The van der Waals surface area contributed by atoms with Crippen molar-refractivity contribution >= 4 is 0 Å². The van der Waals surface area contributed by atoms with Gasteiger partial charge in [-0.1, -0.05) is 12.1 Å². The molecule has 0 N–H and O–H groups in total. The Hall–Kier alpha value is -3.02. The second-order valence-corrected chi connectivity index (χ2v) is 5.37. The van der Waals surface area contributed by atoms with E-state index in [1.807, 2.05) is 42.5 Å². The quantitative estimate of drug-likeness (QED) is 0.642. The molecule has 130 valence electrons. The molecule has 0 aliphatic carbocycles. The summed E-state index contributed by atoms with van der Waals surface area (Å²) in [6.45, 7) is 2.69. The molecular weight excluding hydrogens is 320 g/mol. The maximum absolute atomic E-state index is 5.66. The number of hydrogen-bond donors (Lipinski definition) is 0. The minimum Gasteiger partial charge on any atom is -0.497 e. The summed E-state index contributed by atoms with van der Waals surface area (Å²) in [6.07, 6.45) is 0.932. The normalized spacial score (nSPS) is 10.5. The van der Waals surface area contributed by atoms with Crippen molar-refractivity contribution in [1.82, 2.24) is 10.1 Å². The molecule has 0 amide bonds. The van der Waals surface area contributed by atoms with Gasteiger partial charge in [-0.15, -0.1) is 0 Å². The van der Waals surface area contributed by atoms with Crippen molar-refractivity contribution in [3.05, 3.63) is 42.5 Å². The molecule has 1 aromatic heterocycles. The first-order valence-electron chi connectivity index (χ1n) is 8.04. The molecule has 6 nitrogen and oxygen atoms in total. The Morgan fingerprint density at radius 1 is 0.920 bits per heavy atom. The van der Waals surface area contributed by atoms with Gasteiger partial charge in [0.1, 0.15) is 5.75 Å². The van der Waals surface area contributed by atoms with Gasteiger partial charge in [-0.05, 0) is 48.9 Å². The van der Waals surface area contributed by atoms with Gasteiger partial charge < -0.3 is 18.7 Å². The van der Waals surface area contributed by atoms with Crippen molar-refractivity contribution in [2.45, 2.75) is 13.3 Å². The molecule has 0 saturated heterocycles. The highest BCUT2D eigenvalue weighted by Crippen LogP contribution is 2.32. The Kier molecular flexibility index (Phi) is 5.18. The first-order chi connectivity index (χ1) is 12.2. The lowest BCUT2D eigenvalue weighted by Gasteiger charge is -2.10. The first-order valence-corrected chi connectivity index (χ1v) is 8.04. The smallest absolute Gasteiger partial charge is 0.258 e. The summed E-state index contributed by atoms with van der Waals surface area (Å²) >= 11 is 0. The van der Waals surface area contributed by atoms with E-state index < -0.39 is 0 Å². The first kappa shape index (κ1) is 16.8. The minimum atomic E-state index is 0.447. The summed E-state index contributed by atoms with van der Waals surface area (Å²) in [5.74, 6) is 3.05. The van der Waals surface area contributed by atoms with Crippen LogP contribution in [-0.2, 0) is 0 Å². The molecule has 25 heavy (non-hydrogen) atoms. The highest BCUT2D eigenvalue weighted by Gasteiger charge is 2.13. The molecular formula is C19H20N2O4. The maximum atomic E-state index is 5.66. The lowest BCUT2D eigenvalue weighted by molar-refractivity contribution is 0.294. The van der Waals surface area contributed by atoms with Crippen LogP contribution < -0.4 is 14.2 Å². The van der Waals surface area contributed by atoms with E-state index in [1.54, 1.807) is 14.2 Å². The zero-order valence-electron chi connectivity index (χ0n) is 14.5. The molecule has 0 unspecified atom stereocenters.